The van der Waals surface area contributed by atoms with Crippen molar-refractivity contribution in [2.24, 2.45) is 4.99 Å². The minimum atomic E-state index is -1.10. The molecule has 0 aromatic heterocycles. The topological polar surface area (TPSA) is 70.9 Å². The highest BCUT2D eigenvalue weighted by molar-refractivity contribution is 6.26. The predicted octanol–water partition coefficient (Wildman–Crippen LogP) is 1.84. The lowest BCUT2D eigenvalue weighted by molar-refractivity contribution is 0.0506. The number of halogens is 1. The van der Waals surface area contributed by atoms with Gasteiger partial charge in [-0.3, -0.25) is 10.3 Å². The van der Waals surface area contributed by atoms with Crippen LogP contribution in [0.5, 0.6) is 0 Å². The molecule has 1 heterocycles. The quantitative estimate of drug-likeness (QED) is 0.596. The predicted molar refractivity (Wildman–Crippen MR) is 71.1 cm³/mol. The first kappa shape index (κ1) is 15.0. The van der Waals surface area contributed by atoms with Gasteiger partial charge in [-0.25, -0.2) is 4.79 Å². The molecule has 2 atom stereocenters. The van der Waals surface area contributed by atoms with Crippen molar-refractivity contribution in [2.75, 3.05) is 6.54 Å². The van der Waals surface area contributed by atoms with E-state index in [9.17, 15) is 9.90 Å². The molecule has 0 aliphatic carbocycles. The molecule has 1 aliphatic rings. The van der Waals surface area contributed by atoms with Crippen molar-refractivity contribution >= 4 is 23.4 Å². The molecule has 0 saturated heterocycles. The van der Waals surface area contributed by atoms with Gasteiger partial charge in [-0.2, -0.15) is 0 Å². The van der Waals surface area contributed by atoms with Gasteiger partial charge in [-0.05, 0) is 39.8 Å². The second-order valence-corrected chi connectivity index (χ2v) is 5.91. The lowest BCUT2D eigenvalue weighted by Crippen LogP contribution is -2.48. The summed E-state index contributed by atoms with van der Waals surface area (Å²) in [6.45, 7) is 7.09. The number of hydrogen-bond donors (Lipinski definition) is 2. The van der Waals surface area contributed by atoms with Crippen LogP contribution >= 0.6 is 11.6 Å². The number of carbonyl (C=O) groups excluding carboxylic acids is 1. The van der Waals surface area contributed by atoms with Crippen molar-refractivity contribution in [3.8, 4) is 0 Å². The van der Waals surface area contributed by atoms with Crippen molar-refractivity contribution in [1.82, 2.24) is 5.32 Å². The number of amides is 1. The molecule has 0 bridgehead atoms. The van der Waals surface area contributed by atoms with E-state index in [4.69, 9.17) is 16.3 Å². The van der Waals surface area contributed by atoms with Crippen LogP contribution in [0.15, 0.2) is 17.1 Å². The molecule has 1 amide bonds. The molecule has 0 aromatic rings. The third-order valence-electron chi connectivity index (χ3n) is 2.15. The smallest absolute Gasteiger partial charge is 0.409 e. The number of nitrogens with zero attached hydrogens (tertiary/aromatic N) is 1. The zero-order valence-electron chi connectivity index (χ0n) is 11.0. The highest BCUT2D eigenvalue weighted by atomic mass is 35.5. The Hall–Kier alpha value is -1.07. The van der Waals surface area contributed by atoms with E-state index in [1.165, 1.54) is 0 Å². The van der Waals surface area contributed by atoms with Crippen LogP contribution in [-0.4, -0.2) is 40.2 Å². The van der Waals surface area contributed by atoms with Crippen LogP contribution < -0.4 is 5.32 Å². The molecular weight excluding hydrogens is 256 g/mol. The first-order valence-electron chi connectivity index (χ1n) is 5.73. The second kappa shape index (κ2) is 5.28. The van der Waals surface area contributed by atoms with Gasteiger partial charge < -0.3 is 9.84 Å². The van der Waals surface area contributed by atoms with E-state index in [1.54, 1.807) is 39.8 Å². The monoisotopic (exact) mass is 274 g/mol. The van der Waals surface area contributed by atoms with Crippen molar-refractivity contribution < 1.29 is 14.6 Å². The highest BCUT2D eigenvalue weighted by Crippen LogP contribution is 2.19. The molecule has 0 radical (unpaired) electrons. The number of carbonyl (C=O) groups is 1. The van der Waals surface area contributed by atoms with Gasteiger partial charge in [0.1, 0.15) is 5.60 Å². The van der Waals surface area contributed by atoms with Gasteiger partial charge in [-0.1, -0.05) is 11.6 Å². The maximum Gasteiger partial charge on any atom is 0.409 e. The SMILES string of the molecule is CC(O)C1=NCC(Cl)(NC(=O)OC(C)(C)C)C=C1. The molecule has 102 valence electrons. The number of nitrogens with one attached hydrogen (secondary N) is 1. The second-order valence-electron chi connectivity index (χ2n) is 5.24. The molecule has 5 nitrogen and oxygen atoms in total. The number of aliphatic hydroxyl groups is 1. The third kappa shape index (κ3) is 4.66. The number of rotatable bonds is 2. The first-order valence-corrected chi connectivity index (χ1v) is 6.11. The number of alkyl halides is 1. The van der Waals surface area contributed by atoms with Crippen LogP contribution in [0.25, 0.3) is 0 Å². The van der Waals surface area contributed by atoms with Gasteiger partial charge in [0, 0.05) is 0 Å². The molecule has 1 aliphatic heterocycles. The van der Waals surface area contributed by atoms with E-state index in [-0.39, 0.29) is 6.54 Å². The van der Waals surface area contributed by atoms with Gasteiger partial charge in [0.15, 0.2) is 5.00 Å². The number of dihydropyridines is 1. The minimum absolute atomic E-state index is 0.157. The Balaban J connectivity index is 2.60. The summed E-state index contributed by atoms with van der Waals surface area (Å²) in [6.07, 6.45) is 1.94. The van der Waals surface area contributed by atoms with Gasteiger partial charge in [-0.15, -0.1) is 0 Å². The Labute approximate surface area is 112 Å². The standard InChI is InChI=1S/C12H19ClN2O3/c1-8(16)9-5-6-12(13,7-14-9)15-10(17)18-11(2,3)4/h5-6,8,16H,7H2,1-4H3,(H,15,17). The number of hydrogen-bond acceptors (Lipinski definition) is 4. The van der Waals surface area contributed by atoms with E-state index in [0.29, 0.717) is 5.71 Å². The summed E-state index contributed by atoms with van der Waals surface area (Å²) < 4.78 is 5.11. The fourth-order valence-electron chi connectivity index (χ4n) is 1.36. The van der Waals surface area contributed by atoms with Crippen LogP contribution in [0.2, 0.25) is 0 Å². The number of aliphatic imine (C=N–C) groups is 1. The Morgan fingerprint density at radius 1 is 1.67 bits per heavy atom. The number of ether oxygens (including phenoxy) is 1. The van der Waals surface area contributed by atoms with Crippen LogP contribution in [0.4, 0.5) is 4.79 Å². The number of aliphatic hydroxyl groups excluding tert-OH is 1. The molecular formula is C12H19ClN2O3. The van der Waals surface area contributed by atoms with E-state index in [0.717, 1.165) is 0 Å². The lowest BCUT2D eigenvalue weighted by Gasteiger charge is -2.28. The molecule has 0 aromatic carbocycles. The highest BCUT2D eigenvalue weighted by Gasteiger charge is 2.31. The first-order chi connectivity index (χ1) is 8.11. The Bertz CT molecular complexity index is 385. The van der Waals surface area contributed by atoms with Gasteiger partial charge in [0.2, 0.25) is 0 Å². The van der Waals surface area contributed by atoms with Crippen LogP contribution in [-0.2, 0) is 4.74 Å². The minimum Gasteiger partial charge on any atom is -0.444 e. The Kier molecular flexibility index (Phi) is 4.40. The molecule has 1 rings (SSSR count). The molecule has 6 heteroatoms. The van der Waals surface area contributed by atoms with Crippen molar-refractivity contribution in [3.63, 3.8) is 0 Å². The molecule has 2 unspecified atom stereocenters. The van der Waals surface area contributed by atoms with E-state index in [1.807, 2.05) is 0 Å². The lowest BCUT2D eigenvalue weighted by atomic mass is 10.1. The molecule has 0 spiro atoms. The zero-order chi connectivity index (χ0) is 14.0. The third-order valence-corrected chi connectivity index (χ3v) is 2.49. The van der Waals surface area contributed by atoms with Crippen LogP contribution in [0.1, 0.15) is 27.7 Å². The molecule has 18 heavy (non-hydrogen) atoms. The summed E-state index contributed by atoms with van der Waals surface area (Å²) in [4.78, 5) is 14.6. The van der Waals surface area contributed by atoms with Crippen LogP contribution in [0.3, 0.4) is 0 Å². The van der Waals surface area contributed by atoms with Crippen molar-refractivity contribution in [3.05, 3.63) is 12.2 Å². The Morgan fingerprint density at radius 3 is 2.67 bits per heavy atom. The summed E-state index contributed by atoms with van der Waals surface area (Å²) in [5.41, 5.74) is -0.0405. The summed E-state index contributed by atoms with van der Waals surface area (Å²) in [7, 11) is 0. The van der Waals surface area contributed by atoms with Gasteiger partial charge in [0.25, 0.3) is 0 Å². The van der Waals surface area contributed by atoms with Crippen LogP contribution in [0, 0.1) is 0 Å². The van der Waals surface area contributed by atoms with Crippen molar-refractivity contribution in [1.29, 1.82) is 0 Å². The van der Waals surface area contributed by atoms with E-state index < -0.39 is 22.8 Å². The Morgan fingerprint density at radius 2 is 2.28 bits per heavy atom. The molecule has 2 N–H and O–H groups in total. The average Bonchev–Trinajstić information content (AvgIpc) is 2.13. The summed E-state index contributed by atoms with van der Waals surface area (Å²) in [5, 5.41) is 11.9. The largest absolute Gasteiger partial charge is 0.444 e. The molecule has 0 saturated carbocycles. The summed E-state index contributed by atoms with van der Waals surface area (Å²) in [5.74, 6) is 0. The zero-order valence-corrected chi connectivity index (χ0v) is 11.8. The van der Waals surface area contributed by atoms with Crippen molar-refractivity contribution in [2.45, 2.75) is 44.4 Å². The number of alkyl carbamates (subject to hydrolysis) is 1. The van der Waals surface area contributed by atoms with Gasteiger partial charge in [0.05, 0.1) is 18.4 Å². The van der Waals surface area contributed by atoms with E-state index >= 15 is 0 Å². The maximum atomic E-state index is 11.6. The fourth-order valence-corrected chi connectivity index (χ4v) is 1.55. The summed E-state index contributed by atoms with van der Waals surface area (Å²) >= 11 is 6.18. The fraction of sp³-hybridized carbons (Fsp3) is 0.667. The molecule has 0 fully saturated rings. The normalized spacial score (nSPS) is 25.3. The summed E-state index contributed by atoms with van der Waals surface area (Å²) in [6, 6.07) is 0. The van der Waals surface area contributed by atoms with Gasteiger partial charge >= 0.3 is 6.09 Å². The average molecular weight is 275 g/mol. The van der Waals surface area contributed by atoms with E-state index in [2.05, 4.69) is 10.3 Å². The maximum absolute atomic E-state index is 11.6.